The molecular weight excluding hydrogens is 268 g/mol. The number of carbonyl (C=O) groups excluding carboxylic acids is 1. The lowest BCUT2D eigenvalue weighted by Gasteiger charge is -2.03. The second-order valence-electron chi connectivity index (χ2n) is 2.60. The summed E-state index contributed by atoms with van der Waals surface area (Å²) in [6.45, 7) is 0. The van der Waals surface area contributed by atoms with E-state index in [0.717, 1.165) is 6.07 Å². The number of aliphatic carboxylic acids is 1. The van der Waals surface area contributed by atoms with Crippen LogP contribution in [0.25, 0.3) is 0 Å². The molecule has 1 rings (SSSR count). The second kappa shape index (κ2) is 4.22. The SMILES string of the molecule is O=C(O)C(=O)c1cccc(Br)c1C(=O)O. The highest BCUT2D eigenvalue weighted by Crippen LogP contribution is 2.21. The van der Waals surface area contributed by atoms with E-state index in [4.69, 9.17) is 10.2 Å². The zero-order valence-electron chi connectivity index (χ0n) is 7.23. The van der Waals surface area contributed by atoms with Gasteiger partial charge in [-0.3, -0.25) is 4.79 Å². The maximum Gasteiger partial charge on any atom is 0.377 e. The number of carbonyl (C=O) groups is 3. The van der Waals surface area contributed by atoms with Crippen molar-refractivity contribution in [3.05, 3.63) is 33.8 Å². The van der Waals surface area contributed by atoms with Gasteiger partial charge < -0.3 is 10.2 Å². The zero-order valence-corrected chi connectivity index (χ0v) is 8.82. The number of hydrogen-bond donors (Lipinski definition) is 2. The minimum atomic E-state index is -1.68. The highest BCUT2D eigenvalue weighted by molar-refractivity contribution is 9.10. The summed E-state index contributed by atoms with van der Waals surface area (Å²) in [5.41, 5.74) is -0.686. The Labute approximate surface area is 92.5 Å². The van der Waals surface area contributed by atoms with E-state index in [-0.39, 0.29) is 15.6 Å². The summed E-state index contributed by atoms with van der Waals surface area (Å²) in [6, 6.07) is 3.97. The largest absolute Gasteiger partial charge is 0.478 e. The van der Waals surface area contributed by atoms with Gasteiger partial charge in [-0.1, -0.05) is 6.07 Å². The van der Waals surface area contributed by atoms with E-state index in [0.29, 0.717) is 0 Å². The van der Waals surface area contributed by atoms with Crippen LogP contribution in [0.1, 0.15) is 20.7 Å². The molecular formula is C9H5BrO5. The first-order chi connectivity index (χ1) is 6.95. The number of rotatable bonds is 3. The Morgan fingerprint density at radius 1 is 1.13 bits per heavy atom. The molecule has 0 aliphatic rings. The quantitative estimate of drug-likeness (QED) is 0.641. The lowest BCUT2D eigenvalue weighted by atomic mass is 10.0. The second-order valence-corrected chi connectivity index (χ2v) is 3.46. The first-order valence-electron chi connectivity index (χ1n) is 3.74. The van der Waals surface area contributed by atoms with E-state index >= 15 is 0 Å². The van der Waals surface area contributed by atoms with Gasteiger partial charge in [-0.2, -0.15) is 0 Å². The number of benzene rings is 1. The Morgan fingerprint density at radius 2 is 1.73 bits per heavy atom. The first-order valence-corrected chi connectivity index (χ1v) is 4.54. The predicted molar refractivity (Wildman–Crippen MR) is 53.1 cm³/mol. The summed E-state index contributed by atoms with van der Waals surface area (Å²) in [5.74, 6) is -4.28. The van der Waals surface area contributed by atoms with Gasteiger partial charge in [0.05, 0.1) is 5.56 Å². The number of aromatic carboxylic acids is 1. The molecule has 15 heavy (non-hydrogen) atoms. The molecule has 1 aromatic rings. The fraction of sp³-hybridized carbons (Fsp3) is 0. The highest BCUT2D eigenvalue weighted by atomic mass is 79.9. The molecule has 0 fully saturated rings. The van der Waals surface area contributed by atoms with Crippen molar-refractivity contribution in [2.75, 3.05) is 0 Å². The van der Waals surface area contributed by atoms with Gasteiger partial charge >= 0.3 is 11.9 Å². The van der Waals surface area contributed by atoms with Crippen LogP contribution < -0.4 is 0 Å². The maximum absolute atomic E-state index is 11.1. The Hall–Kier alpha value is -1.69. The van der Waals surface area contributed by atoms with Crippen LogP contribution in [0.2, 0.25) is 0 Å². The fourth-order valence-electron chi connectivity index (χ4n) is 1.05. The van der Waals surface area contributed by atoms with Crippen molar-refractivity contribution in [1.29, 1.82) is 0 Å². The molecule has 0 saturated heterocycles. The van der Waals surface area contributed by atoms with Crippen LogP contribution in [0, 0.1) is 0 Å². The van der Waals surface area contributed by atoms with Crippen LogP contribution in [0.4, 0.5) is 0 Å². The molecule has 0 amide bonds. The number of Topliss-reactive ketones (excluding diaryl/α,β-unsaturated/α-hetero) is 1. The van der Waals surface area contributed by atoms with Crippen molar-refractivity contribution in [3.8, 4) is 0 Å². The Morgan fingerprint density at radius 3 is 2.20 bits per heavy atom. The summed E-state index contributed by atoms with van der Waals surface area (Å²) < 4.78 is 0.169. The lowest BCUT2D eigenvalue weighted by Crippen LogP contribution is -2.17. The molecule has 0 saturated carbocycles. The predicted octanol–water partition coefficient (Wildman–Crippen LogP) is 1.41. The van der Waals surface area contributed by atoms with Crippen LogP contribution in [-0.4, -0.2) is 27.9 Å². The van der Waals surface area contributed by atoms with Crippen LogP contribution >= 0.6 is 15.9 Å². The number of carboxylic acids is 2. The average molecular weight is 273 g/mol. The summed E-state index contributed by atoms with van der Waals surface area (Å²) >= 11 is 2.94. The first kappa shape index (κ1) is 11.4. The van der Waals surface area contributed by atoms with Gasteiger partial charge in [0.25, 0.3) is 5.78 Å². The topological polar surface area (TPSA) is 91.7 Å². The monoisotopic (exact) mass is 272 g/mol. The molecule has 0 radical (unpaired) electrons. The minimum Gasteiger partial charge on any atom is -0.478 e. The zero-order chi connectivity index (χ0) is 11.6. The van der Waals surface area contributed by atoms with E-state index in [1.54, 1.807) is 0 Å². The summed E-state index contributed by atoms with van der Waals surface area (Å²) in [6.07, 6.45) is 0. The molecule has 0 aliphatic heterocycles. The highest BCUT2D eigenvalue weighted by Gasteiger charge is 2.23. The van der Waals surface area contributed by atoms with Crippen molar-refractivity contribution in [2.45, 2.75) is 0 Å². The van der Waals surface area contributed by atoms with Gasteiger partial charge in [-0.15, -0.1) is 0 Å². The van der Waals surface area contributed by atoms with E-state index in [2.05, 4.69) is 15.9 Å². The Kier molecular flexibility index (Phi) is 3.21. The molecule has 0 aliphatic carbocycles. The molecule has 0 bridgehead atoms. The van der Waals surface area contributed by atoms with Crippen LogP contribution in [0.5, 0.6) is 0 Å². The third-order valence-electron chi connectivity index (χ3n) is 1.67. The molecule has 5 nitrogen and oxygen atoms in total. The molecule has 0 unspecified atom stereocenters. The Bertz CT molecular complexity index is 452. The molecule has 0 spiro atoms. The number of ketones is 1. The van der Waals surface area contributed by atoms with Crippen molar-refractivity contribution in [2.24, 2.45) is 0 Å². The van der Waals surface area contributed by atoms with Crippen LogP contribution in [0.15, 0.2) is 22.7 Å². The number of hydrogen-bond acceptors (Lipinski definition) is 3. The van der Waals surface area contributed by atoms with Gasteiger partial charge in [0, 0.05) is 10.0 Å². The maximum atomic E-state index is 11.1. The van der Waals surface area contributed by atoms with Crippen molar-refractivity contribution in [1.82, 2.24) is 0 Å². The molecule has 0 atom stereocenters. The number of carboxylic acid groups (broad SMARTS) is 2. The summed E-state index contributed by atoms with van der Waals surface area (Å²) in [4.78, 5) is 32.4. The third kappa shape index (κ3) is 2.21. The normalized spacial score (nSPS) is 9.67. The van der Waals surface area contributed by atoms with Gasteiger partial charge in [-0.05, 0) is 28.1 Å². The smallest absolute Gasteiger partial charge is 0.377 e. The minimum absolute atomic E-state index is 0.169. The van der Waals surface area contributed by atoms with Crippen molar-refractivity contribution >= 4 is 33.7 Å². The molecule has 2 N–H and O–H groups in total. The van der Waals surface area contributed by atoms with Crippen molar-refractivity contribution in [3.63, 3.8) is 0 Å². The van der Waals surface area contributed by atoms with E-state index in [9.17, 15) is 14.4 Å². The third-order valence-corrected chi connectivity index (χ3v) is 2.33. The van der Waals surface area contributed by atoms with Gasteiger partial charge in [-0.25, -0.2) is 9.59 Å². The summed E-state index contributed by atoms with van der Waals surface area (Å²) in [5, 5.41) is 17.3. The molecule has 78 valence electrons. The molecule has 0 aromatic heterocycles. The van der Waals surface area contributed by atoms with Gasteiger partial charge in [0.2, 0.25) is 0 Å². The lowest BCUT2D eigenvalue weighted by molar-refractivity contribution is -0.131. The van der Waals surface area contributed by atoms with E-state index in [1.165, 1.54) is 12.1 Å². The summed E-state index contributed by atoms with van der Waals surface area (Å²) in [7, 11) is 0. The van der Waals surface area contributed by atoms with Crippen LogP contribution in [-0.2, 0) is 4.79 Å². The number of halogens is 1. The van der Waals surface area contributed by atoms with Gasteiger partial charge in [0.15, 0.2) is 0 Å². The van der Waals surface area contributed by atoms with Crippen LogP contribution in [0.3, 0.4) is 0 Å². The molecule has 1 aromatic carbocycles. The van der Waals surface area contributed by atoms with E-state index in [1.807, 2.05) is 0 Å². The average Bonchev–Trinajstić information content (AvgIpc) is 2.15. The standard InChI is InChI=1S/C9H5BrO5/c10-5-3-1-2-4(6(5)8(12)13)7(11)9(14)15/h1-3H,(H,12,13)(H,14,15). The van der Waals surface area contributed by atoms with E-state index < -0.39 is 17.7 Å². The molecule has 6 heteroatoms. The molecule has 0 heterocycles. The van der Waals surface area contributed by atoms with Gasteiger partial charge in [0.1, 0.15) is 0 Å². The van der Waals surface area contributed by atoms with Crippen molar-refractivity contribution < 1.29 is 24.6 Å². The Balaban J connectivity index is 3.42. The fourth-order valence-corrected chi connectivity index (χ4v) is 1.58.